The van der Waals surface area contributed by atoms with Crippen molar-refractivity contribution in [2.24, 2.45) is 5.92 Å². The Morgan fingerprint density at radius 2 is 1.94 bits per heavy atom. The lowest BCUT2D eigenvalue weighted by atomic mass is 10.1. The van der Waals surface area contributed by atoms with Crippen molar-refractivity contribution in [2.75, 3.05) is 32.6 Å². The zero-order chi connectivity index (χ0) is 24.2. The molecule has 0 saturated carbocycles. The van der Waals surface area contributed by atoms with Crippen LogP contribution < -0.4 is 15.7 Å². The number of carbonyl (C=O) groups excluding carboxylic acids is 1. The third kappa shape index (κ3) is 5.09. The molecule has 0 aliphatic rings. The van der Waals surface area contributed by atoms with Crippen molar-refractivity contribution in [3.8, 4) is 28.3 Å². The predicted octanol–water partition coefficient (Wildman–Crippen LogP) is 3.52. The summed E-state index contributed by atoms with van der Waals surface area (Å²) in [6.07, 6.45) is 0. The van der Waals surface area contributed by atoms with Gasteiger partial charge in [-0.15, -0.1) is 0 Å². The number of likely N-dealkylation sites (N-methyl/N-ethyl adjacent to an activating group) is 1. The van der Waals surface area contributed by atoms with Gasteiger partial charge in [0.15, 0.2) is 5.82 Å². The van der Waals surface area contributed by atoms with Crippen LogP contribution in [-0.2, 0) is 4.79 Å². The van der Waals surface area contributed by atoms with Crippen molar-refractivity contribution in [3.63, 3.8) is 0 Å². The first-order valence-electron chi connectivity index (χ1n) is 11.1. The summed E-state index contributed by atoms with van der Waals surface area (Å²) in [6.45, 7) is 4.86. The summed E-state index contributed by atoms with van der Waals surface area (Å²) in [7, 11) is 3.40. The molecular formula is C25H28N6O3. The first-order chi connectivity index (χ1) is 16.3. The van der Waals surface area contributed by atoms with Gasteiger partial charge in [-0.2, -0.15) is 10.1 Å². The molecule has 2 heterocycles. The molecule has 9 heteroatoms. The van der Waals surface area contributed by atoms with E-state index >= 15 is 0 Å². The summed E-state index contributed by atoms with van der Waals surface area (Å²) in [4.78, 5) is 33.0. The SMILES string of the molecule is CC(C)COc1ccccc1-c1cc(-c2ccc3[nH]nc(NCC(=O)N(C)C)c3c2)nc(=O)[nH]1. The third-order valence-corrected chi connectivity index (χ3v) is 5.26. The molecule has 0 aliphatic heterocycles. The Balaban J connectivity index is 1.70. The Kier molecular flexibility index (Phi) is 6.62. The van der Waals surface area contributed by atoms with Crippen LogP contribution in [0.25, 0.3) is 33.4 Å². The van der Waals surface area contributed by atoms with Gasteiger partial charge in [-0.25, -0.2) is 4.79 Å². The molecule has 9 nitrogen and oxygen atoms in total. The fourth-order valence-corrected chi connectivity index (χ4v) is 3.45. The van der Waals surface area contributed by atoms with Crippen molar-refractivity contribution in [1.82, 2.24) is 25.1 Å². The lowest BCUT2D eigenvalue weighted by Crippen LogP contribution is -2.28. The van der Waals surface area contributed by atoms with Crippen molar-refractivity contribution in [3.05, 3.63) is 59.0 Å². The highest BCUT2D eigenvalue weighted by molar-refractivity contribution is 5.94. The minimum absolute atomic E-state index is 0.0634. The van der Waals surface area contributed by atoms with Gasteiger partial charge in [0.1, 0.15) is 5.75 Å². The maximum Gasteiger partial charge on any atom is 0.345 e. The number of hydrogen-bond donors (Lipinski definition) is 3. The lowest BCUT2D eigenvalue weighted by molar-refractivity contribution is -0.126. The minimum Gasteiger partial charge on any atom is -0.493 e. The van der Waals surface area contributed by atoms with Crippen LogP contribution in [0.2, 0.25) is 0 Å². The standard InChI is InChI=1S/C25H28N6O3/c1-15(2)14-34-22-8-6-5-7-17(22)21-12-20(27-25(33)28-21)16-9-10-19-18(11-16)24(30-29-19)26-13-23(32)31(3)4/h5-12,15H,13-14H2,1-4H3,(H2,26,29,30)(H,27,28,33). The van der Waals surface area contributed by atoms with Crippen molar-refractivity contribution in [1.29, 1.82) is 0 Å². The molecule has 34 heavy (non-hydrogen) atoms. The number of benzene rings is 2. The van der Waals surface area contributed by atoms with Crippen LogP contribution in [-0.4, -0.2) is 58.2 Å². The molecule has 0 spiro atoms. The second-order valence-electron chi connectivity index (χ2n) is 8.66. The van der Waals surface area contributed by atoms with Gasteiger partial charge in [-0.05, 0) is 36.2 Å². The molecule has 2 aromatic heterocycles. The van der Waals surface area contributed by atoms with E-state index in [9.17, 15) is 9.59 Å². The molecule has 1 amide bonds. The number of anilines is 1. The maximum absolute atomic E-state index is 12.5. The minimum atomic E-state index is -0.451. The number of aromatic nitrogens is 4. The summed E-state index contributed by atoms with van der Waals surface area (Å²) < 4.78 is 5.97. The first kappa shape index (κ1) is 23.0. The van der Waals surface area contributed by atoms with Gasteiger partial charge in [-0.3, -0.25) is 9.89 Å². The fourth-order valence-electron chi connectivity index (χ4n) is 3.45. The van der Waals surface area contributed by atoms with E-state index in [4.69, 9.17) is 4.74 Å². The molecule has 176 valence electrons. The van der Waals surface area contributed by atoms with Gasteiger partial charge < -0.3 is 19.9 Å². The molecule has 0 radical (unpaired) electrons. The first-order valence-corrected chi connectivity index (χ1v) is 11.1. The summed E-state index contributed by atoms with van der Waals surface area (Å²) in [5.41, 5.74) is 3.04. The Morgan fingerprint density at radius 3 is 2.71 bits per heavy atom. The Bertz CT molecular complexity index is 1370. The molecule has 3 N–H and O–H groups in total. The summed E-state index contributed by atoms with van der Waals surface area (Å²) in [6, 6.07) is 15.1. The van der Waals surface area contributed by atoms with Crippen molar-refractivity contribution >= 4 is 22.6 Å². The normalized spacial score (nSPS) is 11.1. The Morgan fingerprint density at radius 1 is 1.15 bits per heavy atom. The molecule has 0 saturated heterocycles. The zero-order valence-electron chi connectivity index (χ0n) is 19.7. The highest BCUT2D eigenvalue weighted by Gasteiger charge is 2.14. The quantitative estimate of drug-likeness (QED) is 0.371. The second kappa shape index (κ2) is 9.78. The largest absolute Gasteiger partial charge is 0.493 e. The third-order valence-electron chi connectivity index (χ3n) is 5.26. The summed E-state index contributed by atoms with van der Waals surface area (Å²) in [5, 5.41) is 11.1. The predicted molar refractivity (Wildman–Crippen MR) is 133 cm³/mol. The molecule has 0 bridgehead atoms. The average molecular weight is 461 g/mol. The molecule has 0 unspecified atom stereocenters. The summed E-state index contributed by atoms with van der Waals surface area (Å²) in [5.74, 6) is 1.57. The van der Waals surface area contributed by atoms with Crippen molar-refractivity contribution in [2.45, 2.75) is 13.8 Å². The molecule has 0 fully saturated rings. The van der Waals surface area contributed by atoms with Crippen LogP contribution in [0.5, 0.6) is 5.75 Å². The molecule has 0 atom stereocenters. The highest BCUT2D eigenvalue weighted by Crippen LogP contribution is 2.31. The molecule has 4 rings (SSSR count). The van der Waals surface area contributed by atoms with Crippen LogP contribution in [0.15, 0.2) is 53.3 Å². The Hall–Kier alpha value is -4.14. The number of amides is 1. The zero-order valence-corrected chi connectivity index (χ0v) is 19.7. The molecule has 2 aromatic carbocycles. The van der Waals surface area contributed by atoms with Crippen molar-refractivity contribution < 1.29 is 9.53 Å². The highest BCUT2D eigenvalue weighted by atomic mass is 16.5. The van der Waals surface area contributed by atoms with E-state index in [0.29, 0.717) is 35.5 Å². The number of ether oxygens (including phenoxy) is 1. The van der Waals surface area contributed by atoms with Crippen LogP contribution in [0, 0.1) is 5.92 Å². The molecule has 0 aliphatic carbocycles. The number of H-pyrrole nitrogens is 2. The summed E-state index contributed by atoms with van der Waals surface area (Å²) >= 11 is 0. The van der Waals surface area contributed by atoms with E-state index in [1.807, 2.05) is 48.5 Å². The van der Waals surface area contributed by atoms with E-state index < -0.39 is 5.69 Å². The van der Waals surface area contributed by atoms with E-state index in [1.165, 1.54) is 4.90 Å². The number of fused-ring (bicyclic) bond motifs is 1. The number of nitrogens with zero attached hydrogens (tertiary/aromatic N) is 3. The topological polar surface area (TPSA) is 116 Å². The Labute approximate surface area is 197 Å². The monoisotopic (exact) mass is 460 g/mol. The lowest BCUT2D eigenvalue weighted by Gasteiger charge is -2.13. The van der Waals surface area contributed by atoms with Gasteiger partial charge in [0.25, 0.3) is 0 Å². The maximum atomic E-state index is 12.5. The van der Waals surface area contributed by atoms with Gasteiger partial charge in [0, 0.05) is 30.6 Å². The van der Waals surface area contributed by atoms with Gasteiger partial charge in [-0.1, -0.05) is 32.0 Å². The van der Waals surface area contributed by atoms with Gasteiger partial charge >= 0.3 is 5.69 Å². The number of carbonyl (C=O) groups is 1. The average Bonchev–Trinajstić information content (AvgIpc) is 3.23. The molecule has 4 aromatic rings. The molecular weight excluding hydrogens is 432 g/mol. The number of hydrogen-bond acceptors (Lipinski definition) is 6. The van der Waals surface area contributed by atoms with E-state index in [-0.39, 0.29) is 12.5 Å². The van der Waals surface area contributed by atoms with E-state index in [1.54, 1.807) is 14.1 Å². The number of nitrogens with one attached hydrogen (secondary N) is 3. The van der Waals surface area contributed by atoms with Gasteiger partial charge in [0.2, 0.25) is 5.91 Å². The smallest absolute Gasteiger partial charge is 0.345 e. The number of aromatic amines is 2. The van der Waals surface area contributed by atoms with Crippen LogP contribution >= 0.6 is 0 Å². The van der Waals surface area contributed by atoms with E-state index in [2.05, 4.69) is 39.3 Å². The number of rotatable bonds is 8. The van der Waals surface area contributed by atoms with Crippen LogP contribution in [0.1, 0.15) is 13.8 Å². The van der Waals surface area contributed by atoms with Crippen LogP contribution in [0.4, 0.5) is 5.82 Å². The second-order valence-corrected chi connectivity index (χ2v) is 8.66. The van der Waals surface area contributed by atoms with Crippen LogP contribution in [0.3, 0.4) is 0 Å². The van der Waals surface area contributed by atoms with Gasteiger partial charge in [0.05, 0.1) is 30.1 Å². The number of para-hydroxylation sites is 1. The van der Waals surface area contributed by atoms with E-state index in [0.717, 1.165) is 22.0 Å². The fraction of sp³-hybridized carbons (Fsp3) is 0.280.